The van der Waals surface area contributed by atoms with Gasteiger partial charge in [-0.1, -0.05) is 54.6 Å². The zero-order valence-electron chi connectivity index (χ0n) is 13.7. The second kappa shape index (κ2) is 7.86. The van der Waals surface area contributed by atoms with Crippen LogP contribution in [0.3, 0.4) is 0 Å². The maximum atomic E-state index is 12.2. The monoisotopic (exact) mass is 341 g/mol. The molecule has 2 aromatic carbocycles. The number of hydroxylamine groups is 1. The van der Waals surface area contributed by atoms with Crippen LogP contribution in [0.4, 0.5) is 0 Å². The Bertz CT molecular complexity index is 664. The fourth-order valence-corrected chi connectivity index (χ4v) is 4.62. The van der Waals surface area contributed by atoms with Crippen LogP contribution in [0, 0.1) is 5.41 Å². The van der Waals surface area contributed by atoms with Crippen molar-refractivity contribution in [2.75, 3.05) is 11.5 Å². The van der Waals surface area contributed by atoms with E-state index in [1.807, 2.05) is 35.4 Å². The van der Waals surface area contributed by atoms with Crippen molar-refractivity contribution in [1.82, 2.24) is 5.48 Å². The molecular weight excluding hydrogens is 318 g/mol. The van der Waals surface area contributed by atoms with Gasteiger partial charge in [-0.2, -0.15) is 11.8 Å². The summed E-state index contributed by atoms with van der Waals surface area (Å²) in [5.74, 6) is 1.75. The number of aryl methyl sites for hydroxylation is 1. The summed E-state index contributed by atoms with van der Waals surface area (Å²) >= 11 is 1.88. The van der Waals surface area contributed by atoms with Gasteiger partial charge in [-0.15, -0.1) is 0 Å². The summed E-state index contributed by atoms with van der Waals surface area (Å²) in [5.41, 5.74) is 5.13. The Labute approximate surface area is 147 Å². The van der Waals surface area contributed by atoms with Crippen molar-refractivity contribution in [2.45, 2.75) is 25.7 Å². The van der Waals surface area contributed by atoms with Crippen LogP contribution < -0.4 is 5.48 Å². The van der Waals surface area contributed by atoms with Gasteiger partial charge in [-0.3, -0.25) is 10.0 Å². The van der Waals surface area contributed by atoms with Crippen molar-refractivity contribution in [3.05, 3.63) is 60.2 Å². The van der Waals surface area contributed by atoms with Crippen LogP contribution in [0.2, 0.25) is 0 Å². The SMILES string of the molecule is O=C(NO)C1(CCc2ccc(-c3ccccc3)cc2)CCSCC1. The number of hydrogen-bond donors (Lipinski definition) is 2. The highest BCUT2D eigenvalue weighted by molar-refractivity contribution is 7.99. The molecule has 3 nitrogen and oxygen atoms in total. The molecule has 1 saturated heterocycles. The number of carbonyl (C=O) groups is 1. The zero-order chi connectivity index (χ0) is 16.8. The molecule has 1 amide bonds. The van der Waals surface area contributed by atoms with E-state index in [1.165, 1.54) is 16.7 Å². The third-order valence-corrected chi connectivity index (χ3v) is 5.97. The highest BCUT2D eigenvalue weighted by atomic mass is 32.2. The summed E-state index contributed by atoms with van der Waals surface area (Å²) < 4.78 is 0. The van der Waals surface area contributed by atoms with Crippen molar-refractivity contribution in [1.29, 1.82) is 0 Å². The minimum absolute atomic E-state index is 0.219. The van der Waals surface area contributed by atoms with Crippen LogP contribution in [-0.2, 0) is 11.2 Å². The van der Waals surface area contributed by atoms with Gasteiger partial charge in [-0.25, -0.2) is 5.48 Å². The van der Waals surface area contributed by atoms with Crippen LogP contribution in [0.25, 0.3) is 11.1 Å². The number of nitrogens with one attached hydrogen (secondary N) is 1. The van der Waals surface area contributed by atoms with Crippen LogP contribution in [0.15, 0.2) is 54.6 Å². The van der Waals surface area contributed by atoms with E-state index in [9.17, 15) is 4.79 Å². The Morgan fingerprint density at radius 3 is 2.25 bits per heavy atom. The normalized spacial score (nSPS) is 16.5. The first-order valence-corrected chi connectivity index (χ1v) is 9.56. The van der Waals surface area contributed by atoms with Gasteiger partial charge >= 0.3 is 0 Å². The molecule has 1 heterocycles. The van der Waals surface area contributed by atoms with Gasteiger partial charge in [0.1, 0.15) is 0 Å². The Morgan fingerprint density at radius 1 is 1.00 bits per heavy atom. The Balaban J connectivity index is 1.68. The number of amides is 1. The summed E-state index contributed by atoms with van der Waals surface area (Å²) in [6.45, 7) is 0. The number of rotatable bonds is 5. The topological polar surface area (TPSA) is 49.3 Å². The van der Waals surface area contributed by atoms with E-state index in [1.54, 1.807) is 0 Å². The average Bonchev–Trinajstić information content (AvgIpc) is 2.67. The molecule has 0 aliphatic carbocycles. The van der Waals surface area contributed by atoms with E-state index in [0.29, 0.717) is 0 Å². The Hall–Kier alpha value is -1.78. The number of thioether (sulfide) groups is 1. The summed E-state index contributed by atoms with van der Waals surface area (Å²) in [6, 6.07) is 18.9. The molecule has 126 valence electrons. The molecule has 0 atom stereocenters. The summed E-state index contributed by atoms with van der Waals surface area (Å²) in [6.07, 6.45) is 3.32. The van der Waals surface area contributed by atoms with Crippen molar-refractivity contribution in [3.8, 4) is 11.1 Å². The number of hydrogen-bond acceptors (Lipinski definition) is 3. The Morgan fingerprint density at radius 2 is 1.62 bits per heavy atom. The van der Waals surface area contributed by atoms with E-state index in [-0.39, 0.29) is 5.91 Å². The number of carbonyl (C=O) groups excluding carboxylic acids is 1. The Kier molecular flexibility index (Phi) is 5.59. The van der Waals surface area contributed by atoms with Gasteiger partial charge in [0.05, 0.1) is 5.41 Å². The zero-order valence-corrected chi connectivity index (χ0v) is 14.5. The third kappa shape index (κ3) is 3.82. The summed E-state index contributed by atoms with van der Waals surface area (Å²) in [4.78, 5) is 12.2. The molecule has 0 unspecified atom stereocenters. The van der Waals surface area contributed by atoms with Gasteiger partial charge in [0.2, 0.25) is 5.91 Å². The molecule has 0 bridgehead atoms. The highest BCUT2D eigenvalue weighted by Gasteiger charge is 2.39. The molecular formula is C20H23NO2S. The molecule has 1 aliphatic rings. The van der Waals surface area contributed by atoms with Gasteiger partial charge in [0, 0.05) is 0 Å². The second-order valence-corrected chi connectivity index (χ2v) is 7.62. The maximum absolute atomic E-state index is 12.2. The van der Waals surface area contributed by atoms with Crippen LogP contribution in [0.5, 0.6) is 0 Å². The predicted octanol–water partition coefficient (Wildman–Crippen LogP) is 4.31. The molecule has 1 fully saturated rings. The van der Waals surface area contributed by atoms with Crippen LogP contribution in [-0.4, -0.2) is 22.6 Å². The predicted molar refractivity (Wildman–Crippen MR) is 99.1 cm³/mol. The molecule has 0 saturated carbocycles. The quantitative estimate of drug-likeness (QED) is 0.629. The third-order valence-electron chi connectivity index (χ3n) is 4.99. The molecule has 3 rings (SSSR count). The molecule has 1 aliphatic heterocycles. The fourth-order valence-electron chi connectivity index (χ4n) is 3.35. The van der Waals surface area contributed by atoms with E-state index in [2.05, 4.69) is 36.4 Å². The number of benzene rings is 2. The fraction of sp³-hybridized carbons (Fsp3) is 0.350. The molecule has 2 N–H and O–H groups in total. The standard InChI is InChI=1S/C20H23NO2S/c22-19(21-23)20(12-14-24-15-13-20)11-10-16-6-8-18(9-7-16)17-4-2-1-3-5-17/h1-9,23H,10-15H2,(H,21,22). The van der Waals surface area contributed by atoms with Gasteiger partial charge < -0.3 is 0 Å². The molecule has 0 spiro atoms. The lowest BCUT2D eigenvalue weighted by atomic mass is 9.76. The molecule has 0 aromatic heterocycles. The van der Waals surface area contributed by atoms with E-state index < -0.39 is 5.41 Å². The second-order valence-electron chi connectivity index (χ2n) is 6.40. The molecule has 24 heavy (non-hydrogen) atoms. The molecule has 2 aromatic rings. The minimum atomic E-state index is -0.419. The average molecular weight is 341 g/mol. The highest BCUT2D eigenvalue weighted by Crippen LogP contribution is 2.39. The van der Waals surface area contributed by atoms with Gasteiger partial charge in [0.15, 0.2) is 0 Å². The van der Waals surface area contributed by atoms with Crippen LogP contribution in [0.1, 0.15) is 24.8 Å². The van der Waals surface area contributed by atoms with E-state index >= 15 is 0 Å². The summed E-state index contributed by atoms with van der Waals surface area (Å²) in [7, 11) is 0. The van der Waals surface area contributed by atoms with Crippen molar-refractivity contribution in [3.63, 3.8) is 0 Å². The van der Waals surface area contributed by atoms with E-state index in [0.717, 1.165) is 37.2 Å². The summed E-state index contributed by atoms with van der Waals surface area (Å²) in [5, 5.41) is 9.11. The van der Waals surface area contributed by atoms with Crippen LogP contribution >= 0.6 is 11.8 Å². The van der Waals surface area contributed by atoms with Crippen molar-refractivity contribution < 1.29 is 10.0 Å². The minimum Gasteiger partial charge on any atom is -0.289 e. The lowest BCUT2D eigenvalue weighted by Crippen LogP contribution is -2.42. The first-order valence-electron chi connectivity index (χ1n) is 8.40. The van der Waals surface area contributed by atoms with Gasteiger partial charge in [-0.05, 0) is 53.9 Å². The van der Waals surface area contributed by atoms with Gasteiger partial charge in [0.25, 0.3) is 0 Å². The molecule has 4 heteroatoms. The maximum Gasteiger partial charge on any atom is 0.249 e. The first kappa shape index (κ1) is 17.1. The molecule has 0 radical (unpaired) electrons. The smallest absolute Gasteiger partial charge is 0.249 e. The lowest BCUT2D eigenvalue weighted by molar-refractivity contribution is -0.140. The van der Waals surface area contributed by atoms with Crippen molar-refractivity contribution in [2.24, 2.45) is 5.41 Å². The largest absolute Gasteiger partial charge is 0.289 e. The lowest BCUT2D eigenvalue weighted by Gasteiger charge is -2.34. The van der Waals surface area contributed by atoms with Crippen molar-refractivity contribution >= 4 is 17.7 Å². The van der Waals surface area contributed by atoms with E-state index in [4.69, 9.17) is 5.21 Å². The first-order chi connectivity index (χ1) is 11.7.